The monoisotopic (exact) mass is 586 g/mol. The summed E-state index contributed by atoms with van der Waals surface area (Å²) in [5.74, 6) is 0. The zero-order valence-corrected chi connectivity index (χ0v) is 17.8. The molecule has 2 aromatic carbocycles. The van der Waals surface area contributed by atoms with Crippen LogP contribution in [0.4, 0.5) is 0 Å². The maximum Gasteiger partial charge on any atom is 0.184 e. The number of hydrogen-bond donors (Lipinski definition) is 2. The standard InChI is InChI=1S/C9H9IO2.C7H5IO.C2H6O2.CH4/c10-8-3-1-7(2-4-8)9-11-5-6-12-9;8-7-3-1-6(5-9)2-4-7;3-1-2-4;/h1-4,9H,5-6H2;1-5H;3-4H,1-2H2;1H4. The highest BCUT2D eigenvalue weighted by atomic mass is 127. The summed E-state index contributed by atoms with van der Waals surface area (Å²) in [5.41, 5.74) is 1.84. The summed E-state index contributed by atoms with van der Waals surface area (Å²) in [6.07, 6.45) is 0.706. The Kier molecular flexibility index (Phi) is 15.1. The second-order valence-electron chi connectivity index (χ2n) is 4.74. The molecule has 144 valence electrons. The van der Waals surface area contributed by atoms with E-state index in [4.69, 9.17) is 19.7 Å². The van der Waals surface area contributed by atoms with Crippen LogP contribution in [-0.4, -0.2) is 42.9 Å². The van der Waals surface area contributed by atoms with Gasteiger partial charge in [0.05, 0.1) is 26.4 Å². The summed E-state index contributed by atoms with van der Waals surface area (Å²) in [6, 6.07) is 15.6. The van der Waals surface area contributed by atoms with E-state index in [1.807, 2.05) is 24.3 Å². The first-order valence-electron chi connectivity index (χ1n) is 7.51. The van der Waals surface area contributed by atoms with Crippen LogP contribution < -0.4 is 0 Å². The van der Waals surface area contributed by atoms with Gasteiger partial charge in [-0.2, -0.15) is 0 Å². The fourth-order valence-electron chi connectivity index (χ4n) is 1.71. The Bertz CT molecular complexity index is 594. The lowest BCUT2D eigenvalue weighted by molar-refractivity contribution is -0.0441. The van der Waals surface area contributed by atoms with E-state index in [2.05, 4.69) is 57.3 Å². The van der Waals surface area contributed by atoms with Crippen molar-refractivity contribution in [2.45, 2.75) is 13.7 Å². The van der Waals surface area contributed by atoms with Gasteiger partial charge in [0.2, 0.25) is 0 Å². The highest BCUT2D eigenvalue weighted by Crippen LogP contribution is 2.23. The van der Waals surface area contributed by atoms with Crippen molar-refractivity contribution in [3.05, 3.63) is 66.8 Å². The van der Waals surface area contributed by atoms with E-state index in [0.717, 1.165) is 21.0 Å². The van der Waals surface area contributed by atoms with E-state index >= 15 is 0 Å². The van der Waals surface area contributed by atoms with Gasteiger partial charge < -0.3 is 19.7 Å². The molecule has 3 rings (SSSR count). The van der Waals surface area contributed by atoms with Gasteiger partial charge in [-0.15, -0.1) is 0 Å². The summed E-state index contributed by atoms with van der Waals surface area (Å²) in [5, 5.41) is 15.2. The van der Waals surface area contributed by atoms with Gasteiger partial charge in [-0.25, -0.2) is 0 Å². The molecule has 0 aliphatic carbocycles. The van der Waals surface area contributed by atoms with Crippen molar-refractivity contribution in [2.24, 2.45) is 0 Å². The molecule has 1 aliphatic heterocycles. The molecule has 0 bridgehead atoms. The molecule has 0 aromatic heterocycles. The maximum atomic E-state index is 10.1. The summed E-state index contributed by atoms with van der Waals surface area (Å²) >= 11 is 4.47. The van der Waals surface area contributed by atoms with Gasteiger partial charge in [-0.05, 0) is 69.4 Å². The molecule has 0 saturated carbocycles. The van der Waals surface area contributed by atoms with Crippen LogP contribution in [0, 0.1) is 7.14 Å². The molecule has 2 aromatic rings. The molecule has 1 heterocycles. The summed E-state index contributed by atoms with van der Waals surface area (Å²) < 4.78 is 13.1. The first-order chi connectivity index (χ1) is 12.1. The average molecular weight is 586 g/mol. The Morgan fingerprint density at radius 2 is 1.31 bits per heavy atom. The van der Waals surface area contributed by atoms with Gasteiger partial charge >= 0.3 is 0 Å². The number of aliphatic hydroxyl groups is 2. The van der Waals surface area contributed by atoms with Gasteiger partial charge in [0.25, 0.3) is 0 Å². The Morgan fingerprint density at radius 1 is 0.885 bits per heavy atom. The molecular weight excluding hydrogens is 562 g/mol. The molecular formula is C19H24I2O5. The van der Waals surface area contributed by atoms with Crippen LogP contribution in [0.15, 0.2) is 48.5 Å². The zero-order chi connectivity index (χ0) is 18.5. The third kappa shape index (κ3) is 10.5. The van der Waals surface area contributed by atoms with Crippen LogP contribution in [0.3, 0.4) is 0 Å². The van der Waals surface area contributed by atoms with Crippen LogP contribution in [0.5, 0.6) is 0 Å². The van der Waals surface area contributed by atoms with Crippen LogP contribution in [0.25, 0.3) is 0 Å². The lowest BCUT2D eigenvalue weighted by Gasteiger charge is -2.08. The van der Waals surface area contributed by atoms with Crippen LogP contribution in [-0.2, 0) is 9.47 Å². The Labute approximate surface area is 182 Å². The molecule has 0 atom stereocenters. The van der Waals surface area contributed by atoms with Crippen molar-refractivity contribution in [3.63, 3.8) is 0 Å². The van der Waals surface area contributed by atoms with Crippen LogP contribution >= 0.6 is 45.2 Å². The summed E-state index contributed by atoms with van der Waals surface area (Å²) in [4.78, 5) is 10.1. The normalized spacial score (nSPS) is 12.8. The molecule has 0 amide bonds. The minimum absolute atomic E-state index is 0. The predicted molar refractivity (Wildman–Crippen MR) is 119 cm³/mol. The molecule has 2 N–H and O–H groups in total. The number of carbonyl (C=O) groups excluding carboxylic acids is 1. The van der Waals surface area contributed by atoms with Gasteiger partial charge in [0.15, 0.2) is 6.29 Å². The predicted octanol–water partition coefficient (Wildman–Crippen LogP) is 4.05. The molecule has 1 aliphatic rings. The van der Waals surface area contributed by atoms with Crippen molar-refractivity contribution in [3.8, 4) is 0 Å². The van der Waals surface area contributed by atoms with Gasteiger partial charge in [0.1, 0.15) is 6.29 Å². The first kappa shape index (κ1) is 25.4. The Hall–Kier alpha value is -0.590. The van der Waals surface area contributed by atoms with Crippen molar-refractivity contribution in [2.75, 3.05) is 26.4 Å². The number of halogens is 2. The van der Waals surface area contributed by atoms with Gasteiger partial charge in [-0.3, -0.25) is 4.79 Å². The fourth-order valence-corrected chi connectivity index (χ4v) is 2.43. The first-order valence-corrected chi connectivity index (χ1v) is 9.67. The SMILES string of the molecule is C.Ic1ccc(C2OCCO2)cc1.O=Cc1ccc(I)cc1.OCCO. The van der Waals surface area contributed by atoms with Crippen molar-refractivity contribution < 1.29 is 24.5 Å². The number of ether oxygens (including phenoxy) is 2. The van der Waals surface area contributed by atoms with Crippen LogP contribution in [0.1, 0.15) is 29.6 Å². The molecule has 0 radical (unpaired) electrons. The highest BCUT2D eigenvalue weighted by Gasteiger charge is 2.17. The molecule has 5 nitrogen and oxygen atoms in total. The highest BCUT2D eigenvalue weighted by molar-refractivity contribution is 14.1. The molecule has 0 unspecified atom stereocenters. The quantitative estimate of drug-likeness (QED) is 0.420. The van der Waals surface area contributed by atoms with Gasteiger partial charge in [-0.1, -0.05) is 31.7 Å². The van der Waals surface area contributed by atoms with E-state index in [1.165, 1.54) is 3.57 Å². The minimum atomic E-state index is -0.137. The third-order valence-corrected chi connectivity index (χ3v) is 4.31. The van der Waals surface area contributed by atoms with E-state index in [9.17, 15) is 4.79 Å². The molecule has 7 heteroatoms. The molecule has 1 fully saturated rings. The van der Waals surface area contributed by atoms with E-state index in [1.54, 1.807) is 12.1 Å². The second-order valence-corrected chi connectivity index (χ2v) is 7.23. The number of aldehydes is 1. The second kappa shape index (κ2) is 15.5. The summed E-state index contributed by atoms with van der Waals surface area (Å²) in [6.45, 7) is 1.16. The number of rotatable bonds is 3. The van der Waals surface area contributed by atoms with Crippen molar-refractivity contribution in [1.82, 2.24) is 0 Å². The summed E-state index contributed by atoms with van der Waals surface area (Å²) in [7, 11) is 0. The minimum Gasteiger partial charge on any atom is -0.394 e. The largest absolute Gasteiger partial charge is 0.394 e. The van der Waals surface area contributed by atoms with Gasteiger partial charge in [0, 0.05) is 18.3 Å². The number of aliphatic hydroxyl groups excluding tert-OH is 2. The molecule has 1 saturated heterocycles. The lowest BCUT2D eigenvalue weighted by Crippen LogP contribution is -1.97. The van der Waals surface area contributed by atoms with Crippen molar-refractivity contribution >= 4 is 51.5 Å². The van der Waals surface area contributed by atoms with Crippen LogP contribution in [0.2, 0.25) is 0 Å². The number of hydrogen-bond acceptors (Lipinski definition) is 5. The fraction of sp³-hybridized carbons (Fsp3) is 0.316. The van der Waals surface area contributed by atoms with E-state index in [-0.39, 0.29) is 26.9 Å². The van der Waals surface area contributed by atoms with E-state index < -0.39 is 0 Å². The van der Waals surface area contributed by atoms with Crippen molar-refractivity contribution in [1.29, 1.82) is 0 Å². The molecule has 26 heavy (non-hydrogen) atoms. The Morgan fingerprint density at radius 3 is 1.69 bits per heavy atom. The topological polar surface area (TPSA) is 76.0 Å². The number of carbonyl (C=O) groups is 1. The lowest BCUT2D eigenvalue weighted by atomic mass is 10.2. The Balaban J connectivity index is 0.000000399. The smallest absolute Gasteiger partial charge is 0.184 e. The molecule has 0 spiro atoms. The third-order valence-electron chi connectivity index (χ3n) is 2.87. The maximum absolute atomic E-state index is 10.1. The average Bonchev–Trinajstić information content (AvgIpc) is 3.18. The van der Waals surface area contributed by atoms with E-state index in [0.29, 0.717) is 13.2 Å². The zero-order valence-electron chi connectivity index (χ0n) is 13.5. The number of benzene rings is 2.